The van der Waals surface area contributed by atoms with Crippen LogP contribution in [0.25, 0.3) is 0 Å². The molecule has 0 saturated carbocycles. The summed E-state index contributed by atoms with van der Waals surface area (Å²) in [5.41, 5.74) is 0.320. The minimum absolute atomic E-state index is 0. The van der Waals surface area contributed by atoms with Crippen LogP contribution in [0.2, 0.25) is 0 Å². The summed E-state index contributed by atoms with van der Waals surface area (Å²) in [7, 11) is 0. The van der Waals surface area contributed by atoms with Crippen LogP contribution in [-0.2, 0) is 21.9 Å². The monoisotopic (exact) mass is 237 g/mol. The Kier molecular flexibility index (Phi) is 4.86. The van der Waals surface area contributed by atoms with Crippen molar-refractivity contribution in [2.75, 3.05) is 0 Å². The maximum absolute atomic E-state index is 10.8. The Morgan fingerprint density at radius 1 is 1.14 bits per heavy atom. The van der Waals surface area contributed by atoms with Crippen molar-refractivity contribution in [2.24, 2.45) is 5.90 Å². The van der Waals surface area contributed by atoms with Crippen molar-refractivity contribution in [3.05, 3.63) is 35.4 Å². The number of hydrogen-bond acceptors (Lipinski definition) is 4. The zero-order valence-corrected chi connectivity index (χ0v) is 8.02. The molecule has 0 aliphatic rings. The van der Waals surface area contributed by atoms with Crippen molar-refractivity contribution < 1.29 is 36.6 Å². The van der Waals surface area contributed by atoms with Gasteiger partial charge in [-0.25, -0.2) is 9.59 Å². The molecule has 0 saturated heterocycles. The van der Waals surface area contributed by atoms with E-state index in [1.165, 1.54) is 24.3 Å². The van der Waals surface area contributed by atoms with E-state index in [4.69, 9.17) is 5.11 Å². The first-order chi connectivity index (χ1) is 6.15. The Bertz CT molecular complexity index is 336. The van der Waals surface area contributed by atoms with Gasteiger partial charge in [-0.2, -0.15) is 5.90 Å². The summed E-state index contributed by atoms with van der Waals surface area (Å²) in [4.78, 5) is 25.2. The van der Waals surface area contributed by atoms with E-state index in [1.807, 2.05) is 0 Å². The molecule has 14 heavy (non-hydrogen) atoms. The maximum atomic E-state index is 10.8. The van der Waals surface area contributed by atoms with Crippen molar-refractivity contribution in [2.45, 2.75) is 0 Å². The third-order valence-corrected chi connectivity index (χ3v) is 1.47. The van der Waals surface area contributed by atoms with E-state index in [1.54, 1.807) is 0 Å². The smallest absolute Gasteiger partial charge is 0.356 e. The molecule has 1 aromatic carbocycles. The zero-order chi connectivity index (χ0) is 9.84. The molecular formula is C8H7FeNO4. The molecule has 0 fully saturated rings. The largest absolute Gasteiger partial charge is 0.478 e. The Hall–Kier alpha value is -1.36. The summed E-state index contributed by atoms with van der Waals surface area (Å²) < 4.78 is 0. The van der Waals surface area contributed by atoms with Crippen LogP contribution in [0.3, 0.4) is 0 Å². The van der Waals surface area contributed by atoms with Gasteiger partial charge in [0.1, 0.15) is 0 Å². The van der Waals surface area contributed by atoms with Gasteiger partial charge in [0.15, 0.2) is 0 Å². The van der Waals surface area contributed by atoms with Crippen molar-refractivity contribution in [3.63, 3.8) is 0 Å². The van der Waals surface area contributed by atoms with E-state index in [2.05, 4.69) is 10.7 Å². The summed E-state index contributed by atoms with van der Waals surface area (Å²) in [5, 5.41) is 8.53. The SMILES string of the molecule is NOC(=O)c1ccc(C(=O)O)cc1.[Fe]. The molecule has 76 valence electrons. The fourth-order valence-electron chi connectivity index (χ4n) is 0.817. The van der Waals surface area contributed by atoms with Crippen molar-refractivity contribution >= 4 is 11.9 Å². The van der Waals surface area contributed by atoms with Crippen LogP contribution < -0.4 is 5.90 Å². The molecule has 1 aromatic rings. The predicted molar refractivity (Wildman–Crippen MR) is 43.0 cm³/mol. The Morgan fingerprint density at radius 3 is 1.93 bits per heavy atom. The molecule has 0 heterocycles. The number of hydrogen-bond donors (Lipinski definition) is 2. The molecule has 3 N–H and O–H groups in total. The van der Waals surface area contributed by atoms with Gasteiger partial charge in [0.25, 0.3) is 0 Å². The van der Waals surface area contributed by atoms with Gasteiger partial charge in [-0.05, 0) is 24.3 Å². The van der Waals surface area contributed by atoms with E-state index < -0.39 is 11.9 Å². The third-order valence-electron chi connectivity index (χ3n) is 1.47. The van der Waals surface area contributed by atoms with E-state index in [-0.39, 0.29) is 28.2 Å². The van der Waals surface area contributed by atoms with Crippen LogP contribution in [0.1, 0.15) is 20.7 Å². The summed E-state index contributed by atoms with van der Waals surface area (Å²) in [6.45, 7) is 0. The predicted octanol–water partition coefficient (Wildman–Crippen LogP) is 0.413. The second-order valence-corrected chi connectivity index (χ2v) is 2.29. The van der Waals surface area contributed by atoms with Crippen LogP contribution in [-0.4, -0.2) is 17.0 Å². The molecule has 0 bridgehead atoms. The Balaban J connectivity index is 0.00000169. The van der Waals surface area contributed by atoms with Crippen LogP contribution >= 0.6 is 0 Å². The molecular weight excluding hydrogens is 230 g/mol. The fraction of sp³-hybridized carbons (Fsp3) is 0. The summed E-state index contributed by atoms with van der Waals surface area (Å²) >= 11 is 0. The number of carboxylic acid groups (broad SMARTS) is 1. The molecule has 0 aromatic heterocycles. The molecule has 1 rings (SSSR count). The Labute approximate surface area is 90.3 Å². The van der Waals surface area contributed by atoms with Crippen molar-refractivity contribution in [1.82, 2.24) is 0 Å². The van der Waals surface area contributed by atoms with Crippen molar-refractivity contribution in [3.8, 4) is 0 Å². The van der Waals surface area contributed by atoms with Crippen molar-refractivity contribution in [1.29, 1.82) is 0 Å². The van der Waals surface area contributed by atoms with Gasteiger partial charge in [-0.3, -0.25) is 0 Å². The van der Waals surface area contributed by atoms with E-state index in [0.717, 1.165) is 0 Å². The molecule has 0 aliphatic carbocycles. The zero-order valence-electron chi connectivity index (χ0n) is 6.91. The topological polar surface area (TPSA) is 89.6 Å². The number of carbonyl (C=O) groups excluding carboxylic acids is 1. The van der Waals surface area contributed by atoms with Gasteiger partial charge >= 0.3 is 11.9 Å². The molecule has 0 spiro atoms. The minimum Gasteiger partial charge on any atom is -0.478 e. The maximum Gasteiger partial charge on any atom is 0.356 e. The van der Waals surface area contributed by atoms with E-state index >= 15 is 0 Å². The molecule has 0 atom stereocenters. The van der Waals surface area contributed by atoms with Gasteiger partial charge in [-0.15, -0.1) is 0 Å². The van der Waals surface area contributed by atoms with Gasteiger partial charge in [0.05, 0.1) is 11.1 Å². The number of nitrogens with two attached hydrogens (primary N) is 1. The van der Waals surface area contributed by atoms with Crippen LogP contribution in [0.15, 0.2) is 24.3 Å². The molecule has 0 unspecified atom stereocenters. The summed E-state index contributed by atoms with van der Waals surface area (Å²) in [6, 6.07) is 5.26. The number of benzene rings is 1. The number of carbonyl (C=O) groups is 2. The van der Waals surface area contributed by atoms with Crippen LogP contribution in [0, 0.1) is 0 Å². The normalized spacial score (nSPS) is 8.64. The summed E-state index contributed by atoms with van der Waals surface area (Å²) in [6.07, 6.45) is 0. The minimum atomic E-state index is -1.05. The number of carboxylic acids is 1. The van der Waals surface area contributed by atoms with Gasteiger partial charge < -0.3 is 9.94 Å². The fourth-order valence-corrected chi connectivity index (χ4v) is 0.817. The molecule has 6 heteroatoms. The number of rotatable bonds is 2. The average Bonchev–Trinajstić information content (AvgIpc) is 2.17. The first-order valence-corrected chi connectivity index (χ1v) is 3.39. The first-order valence-electron chi connectivity index (χ1n) is 3.39. The van der Waals surface area contributed by atoms with Crippen LogP contribution in [0.4, 0.5) is 0 Å². The second kappa shape index (κ2) is 5.39. The average molecular weight is 237 g/mol. The molecule has 0 radical (unpaired) electrons. The third kappa shape index (κ3) is 2.85. The van der Waals surface area contributed by atoms with Gasteiger partial charge in [0, 0.05) is 17.1 Å². The Morgan fingerprint density at radius 2 is 1.57 bits per heavy atom. The van der Waals surface area contributed by atoms with Gasteiger partial charge in [-0.1, -0.05) is 0 Å². The molecule has 0 aliphatic heterocycles. The van der Waals surface area contributed by atoms with E-state index in [0.29, 0.717) is 0 Å². The van der Waals surface area contributed by atoms with Crippen LogP contribution in [0.5, 0.6) is 0 Å². The molecule has 5 nitrogen and oxygen atoms in total. The van der Waals surface area contributed by atoms with E-state index in [9.17, 15) is 9.59 Å². The summed E-state index contributed by atoms with van der Waals surface area (Å²) in [5.74, 6) is 2.89. The molecule has 0 amide bonds. The standard InChI is InChI=1S/C8H7NO4.Fe/c9-13-8(12)6-3-1-5(2-4-6)7(10)11;/h1-4H,9H2,(H,10,11);. The first kappa shape index (κ1) is 12.6. The van der Waals surface area contributed by atoms with Gasteiger partial charge in [0.2, 0.25) is 0 Å². The second-order valence-electron chi connectivity index (χ2n) is 2.29. The quantitative estimate of drug-likeness (QED) is 0.574. The number of aromatic carboxylic acids is 1.